The molecule has 1 aromatic carbocycles. The van der Waals surface area contributed by atoms with Crippen molar-refractivity contribution in [2.45, 2.75) is 25.4 Å². The van der Waals surface area contributed by atoms with E-state index < -0.39 is 21.7 Å². The van der Waals surface area contributed by atoms with Crippen molar-refractivity contribution in [3.8, 4) is 0 Å². The van der Waals surface area contributed by atoms with Gasteiger partial charge in [0.05, 0.1) is 17.5 Å². The first-order valence-corrected chi connectivity index (χ1v) is 8.04. The van der Waals surface area contributed by atoms with E-state index in [2.05, 4.69) is 0 Å². The minimum absolute atomic E-state index is 0.0970. The first-order chi connectivity index (χ1) is 9.40. The van der Waals surface area contributed by atoms with Crippen LogP contribution in [0.1, 0.15) is 19.3 Å². The molecule has 0 aliphatic carbocycles. The van der Waals surface area contributed by atoms with E-state index in [1.165, 1.54) is 13.1 Å². The summed E-state index contributed by atoms with van der Waals surface area (Å²) in [5.41, 5.74) is 0.0970. The summed E-state index contributed by atoms with van der Waals surface area (Å²) in [6, 6.07) is 3.01. The molecule has 1 aromatic rings. The van der Waals surface area contributed by atoms with Gasteiger partial charge in [0, 0.05) is 19.7 Å². The zero-order valence-electron chi connectivity index (χ0n) is 11.2. The Kier molecular flexibility index (Phi) is 4.59. The highest BCUT2D eigenvalue weighted by Gasteiger charge is 2.26. The normalized spacial score (nSPS) is 19.9. The molecule has 0 radical (unpaired) electrons. The Morgan fingerprint density at radius 1 is 1.30 bits per heavy atom. The zero-order chi connectivity index (χ0) is 14.8. The van der Waals surface area contributed by atoms with Crippen molar-refractivity contribution in [1.29, 1.82) is 0 Å². The molecule has 1 saturated heterocycles. The molecular weight excluding hydrogens is 288 g/mol. The maximum Gasteiger partial charge on any atom is 0.237 e. The molecule has 0 unspecified atom stereocenters. The van der Waals surface area contributed by atoms with Crippen molar-refractivity contribution in [3.63, 3.8) is 0 Å². The molecule has 2 rings (SSSR count). The van der Waals surface area contributed by atoms with Crippen LogP contribution in [0.2, 0.25) is 0 Å². The lowest BCUT2D eigenvalue weighted by Crippen LogP contribution is -2.36. The van der Waals surface area contributed by atoms with Gasteiger partial charge in [-0.3, -0.25) is 4.31 Å². The number of ether oxygens (including phenoxy) is 1. The van der Waals surface area contributed by atoms with Gasteiger partial charge in [0.25, 0.3) is 0 Å². The van der Waals surface area contributed by atoms with Crippen LogP contribution in [0.5, 0.6) is 0 Å². The molecule has 0 aromatic heterocycles. The molecule has 0 amide bonds. The van der Waals surface area contributed by atoms with Gasteiger partial charge in [-0.05, 0) is 31.4 Å². The Bertz CT molecular complexity index is 571. The second kappa shape index (κ2) is 6.05. The van der Waals surface area contributed by atoms with Gasteiger partial charge in [0.15, 0.2) is 11.6 Å². The van der Waals surface area contributed by atoms with E-state index >= 15 is 0 Å². The smallest absolute Gasteiger partial charge is 0.237 e. The Balaban J connectivity index is 2.13. The van der Waals surface area contributed by atoms with E-state index in [9.17, 15) is 17.2 Å². The predicted octanol–water partition coefficient (Wildman–Crippen LogP) is 2.30. The summed E-state index contributed by atoms with van der Waals surface area (Å²) in [5, 5.41) is 0. The topological polar surface area (TPSA) is 46.6 Å². The fraction of sp³-hybridized carbons (Fsp3) is 0.538. The van der Waals surface area contributed by atoms with Crippen LogP contribution in [-0.4, -0.2) is 33.9 Å². The van der Waals surface area contributed by atoms with Crippen LogP contribution in [-0.2, 0) is 14.8 Å². The lowest BCUT2D eigenvalue weighted by Gasteiger charge is -2.26. The van der Waals surface area contributed by atoms with Crippen LogP contribution in [0.15, 0.2) is 18.2 Å². The Hall–Kier alpha value is -1.21. The number of hydrogen-bond acceptors (Lipinski definition) is 3. The van der Waals surface area contributed by atoms with Gasteiger partial charge >= 0.3 is 0 Å². The average Bonchev–Trinajstić information content (AvgIpc) is 2.41. The molecule has 0 spiro atoms. The van der Waals surface area contributed by atoms with E-state index in [-0.39, 0.29) is 17.5 Å². The summed E-state index contributed by atoms with van der Waals surface area (Å²) in [6.45, 7) is 0.565. The maximum atomic E-state index is 13.2. The summed E-state index contributed by atoms with van der Waals surface area (Å²) in [4.78, 5) is 0. The first kappa shape index (κ1) is 15.2. The van der Waals surface area contributed by atoms with Gasteiger partial charge in [-0.2, -0.15) is 0 Å². The van der Waals surface area contributed by atoms with Crippen LogP contribution < -0.4 is 4.31 Å². The van der Waals surface area contributed by atoms with Crippen molar-refractivity contribution in [2.75, 3.05) is 23.7 Å². The SMILES string of the molecule is CN(c1ccc(F)c(F)c1)S(=O)(=O)C[C@@H]1CCCCO1. The third kappa shape index (κ3) is 3.46. The van der Waals surface area contributed by atoms with E-state index in [4.69, 9.17) is 4.74 Å². The molecule has 0 bridgehead atoms. The quantitative estimate of drug-likeness (QED) is 0.857. The Morgan fingerprint density at radius 2 is 2.05 bits per heavy atom. The second-order valence-corrected chi connectivity index (χ2v) is 6.88. The maximum absolute atomic E-state index is 13.2. The number of halogens is 2. The van der Waals surface area contributed by atoms with Gasteiger partial charge in [-0.25, -0.2) is 17.2 Å². The summed E-state index contributed by atoms with van der Waals surface area (Å²) in [7, 11) is -2.30. The number of hydrogen-bond donors (Lipinski definition) is 0. The van der Waals surface area contributed by atoms with E-state index in [0.29, 0.717) is 13.0 Å². The zero-order valence-corrected chi connectivity index (χ0v) is 12.0. The molecule has 1 aliphatic rings. The van der Waals surface area contributed by atoms with Gasteiger partial charge < -0.3 is 4.74 Å². The van der Waals surface area contributed by atoms with Crippen molar-refractivity contribution >= 4 is 15.7 Å². The fourth-order valence-corrected chi connectivity index (χ4v) is 3.52. The molecule has 0 saturated carbocycles. The van der Waals surface area contributed by atoms with Crippen LogP contribution in [0.4, 0.5) is 14.5 Å². The Morgan fingerprint density at radius 3 is 2.65 bits per heavy atom. The molecule has 112 valence electrons. The number of anilines is 1. The standard InChI is InChI=1S/C13H17F2NO3S/c1-16(10-5-6-12(14)13(15)8-10)20(17,18)9-11-4-2-3-7-19-11/h5-6,8,11H,2-4,7,9H2,1H3/t11-/m0/s1. The molecule has 4 nitrogen and oxygen atoms in total. The predicted molar refractivity (Wildman–Crippen MR) is 72.1 cm³/mol. The van der Waals surface area contributed by atoms with Crippen LogP contribution in [0.25, 0.3) is 0 Å². The lowest BCUT2D eigenvalue weighted by molar-refractivity contribution is 0.0305. The third-order valence-corrected chi connectivity index (χ3v) is 5.19. The fourth-order valence-electron chi connectivity index (χ4n) is 2.13. The van der Waals surface area contributed by atoms with Gasteiger partial charge in [0.2, 0.25) is 10.0 Å². The largest absolute Gasteiger partial charge is 0.377 e. The molecule has 7 heteroatoms. The van der Waals surface area contributed by atoms with Gasteiger partial charge in [-0.15, -0.1) is 0 Å². The first-order valence-electron chi connectivity index (χ1n) is 6.43. The average molecular weight is 305 g/mol. The third-order valence-electron chi connectivity index (χ3n) is 3.35. The lowest BCUT2D eigenvalue weighted by atomic mass is 10.1. The highest BCUT2D eigenvalue weighted by atomic mass is 32.2. The van der Waals surface area contributed by atoms with Crippen LogP contribution in [0.3, 0.4) is 0 Å². The second-order valence-electron chi connectivity index (χ2n) is 4.83. The Labute approximate surface area is 117 Å². The summed E-state index contributed by atoms with van der Waals surface area (Å²) in [5.74, 6) is -2.23. The van der Waals surface area contributed by atoms with Crippen molar-refractivity contribution < 1.29 is 21.9 Å². The number of sulfonamides is 1. The minimum Gasteiger partial charge on any atom is -0.377 e. The molecule has 1 fully saturated rings. The molecule has 20 heavy (non-hydrogen) atoms. The highest BCUT2D eigenvalue weighted by molar-refractivity contribution is 7.92. The van der Waals surface area contributed by atoms with Crippen molar-refractivity contribution in [3.05, 3.63) is 29.8 Å². The van der Waals surface area contributed by atoms with E-state index in [0.717, 1.165) is 29.3 Å². The van der Waals surface area contributed by atoms with Crippen LogP contribution >= 0.6 is 0 Å². The molecular formula is C13H17F2NO3S. The minimum atomic E-state index is -3.62. The molecule has 1 atom stereocenters. The summed E-state index contributed by atoms with van der Waals surface area (Å²) < 4.78 is 56.9. The van der Waals surface area contributed by atoms with E-state index in [1.807, 2.05) is 0 Å². The molecule has 0 N–H and O–H groups in total. The molecule has 1 aliphatic heterocycles. The monoisotopic (exact) mass is 305 g/mol. The summed E-state index contributed by atoms with van der Waals surface area (Å²) >= 11 is 0. The van der Waals surface area contributed by atoms with Crippen LogP contribution in [0, 0.1) is 11.6 Å². The van der Waals surface area contributed by atoms with Crippen molar-refractivity contribution in [1.82, 2.24) is 0 Å². The van der Waals surface area contributed by atoms with Gasteiger partial charge in [-0.1, -0.05) is 0 Å². The highest BCUT2D eigenvalue weighted by Crippen LogP contribution is 2.22. The number of benzene rings is 1. The van der Waals surface area contributed by atoms with E-state index in [1.54, 1.807) is 0 Å². The summed E-state index contributed by atoms with van der Waals surface area (Å²) in [6.07, 6.45) is 2.25. The number of nitrogens with zero attached hydrogens (tertiary/aromatic N) is 1. The van der Waals surface area contributed by atoms with Gasteiger partial charge in [0.1, 0.15) is 0 Å². The van der Waals surface area contributed by atoms with Crippen molar-refractivity contribution in [2.24, 2.45) is 0 Å². The molecule has 1 heterocycles. The number of rotatable bonds is 4.